The van der Waals surface area contributed by atoms with Crippen LogP contribution < -0.4 is 4.90 Å². The molecule has 2 nitrogen and oxygen atoms in total. The number of hydrogen-bond acceptors (Lipinski definition) is 2. The van der Waals surface area contributed by atoms with Crippen LogP contribution in [0.15, 0.2) is 241 Å². The minimum Gasteiger partial charge on any atom is -0.455 e. The van der Waals surface area contributed by atoms with E-state index in [2.05, 4.69) is 241 Å². The molecule has 0 N–H and O–H groups in total. The Labute approximate surface area is 349 Å². The first-order chi connectivity index (χ1) is 29.7. The number of rotatable bonds is 8. The Bertz CT molecular complexity index is 3160. The summed E-state index contributed by atoms with van der Waals surface area (Å²) in [7, 11) is 0. The van der Waals surface area contributed by atoms with E-state index in [9.17, 15) is 0 Å². The van der Waals surface area contributed by atoms with Crippen LogP contribution in [0.5, 0.6) is 0 Å². The fraction of sp³-hybridized carbons (Fsp3) is 0. The zero-order valence-electron chi connectivity index (χ0n) is 32.9. The minimum absolute atomic E-state index is 0.884. The molecule has 2 heteroatoms. The molecule has 0 radical (unpaired) electrons. The molecule has 0 bridgehead atoms. The summed E-state index contributed by atoms with van der Waals surface area (Å²) in [5.41, 5.74) is 16.8. The average molecular weight is 766 g/mol. The van der Waals surface area contributed by atoms with Crippen LogP contribution in [0.4, 0.5) is 17.1 Å². The van der Waals surface area contributed by atoms with Gasteiger partial charge in [-0.15, -0.1) is 0 Å². The molecule has 60 heavy (non-hydrogen) atoms. The van der Waals surface area contributed by atoms with Crippen molar-refractivity contribution in [2.75, 3.05) is 4.90 Å². The van der Waals surface area contributed by atoms with Crippen LogP contribution in [-0.4, -0.2) is 0 Å². The predicted molar refractivity (Wildman–Crippen MR) is 253 cm³/mol. The topological polar surface area (TPSA) is 16.4 Å². The van der Waals surface area contributed by atoms with E-state index < -0.39 is 0 Å². The van der Waals surface area contributed by atoms with Crippen LogP contribution in [0.25, 0.3) is 88.3 Å². The molecule has 0 fully saturated rings. The van der Waals surface area contributed by atoms with Gasteiger partial charge in [0, 0.05) is 33.2 Å². The smallest absolute Gasteiger partial charge is 0.143 e. The van der Waals surface area contributed by atoms with Crippen molar-refractivity contribution in [3.8, 4) is 55.6 Å². The Balaban J connectivity index is 1.05. The van der Waals surface area contributed by atoms with Crippen molar-refractivity contribution in [2.45, 2.75) is 0 Å². The summed E-state index contributed by atoms with van der Waals surface area (Å²) >= 11 is 0. The molecular formula is C58H39NO. The largest absolute Gasteiger partial charge is 0.455 e. The summed E-state index contributed by atoms with van der Waals surface area (Å²) in [6, 6.07) is 84.6. The van der Waals surface area contributed by atoms with Gasteiger partial charge in [0.05, 0.1) is 0 Å². The summed E-state index contributed by atoms with van der Waals surface area (Å²) < 4.78 is 6.90. The Hall–Kier alpha value is -7.94. The predicted octanol–water partition coefficient (Wildman–Crippen LogP) is 16.5. The second-order valence-electron chi connectivity index (χ2n) is 15.3. The first-order valence-corrected chi connectivity index (χ1v) is 20.5. The number of nitrogens with zero attached hydrogens (tertiary/aromatic N) is 1. The number of furan rings is 1. The molecule has 0 aliphatic rings. The number of fused-ring (bicyclic) bond motifs is 5. The van der Waals surface area contributed by atoms with Crippen LogP contribution in [0.3, 0.4) is 0 Å². The molecule has 0 saturated carbocycles. The summed E-state index contributed by atoms with van der Waals surface area (Å²) in [6.07, 6.45) is 0. The van der Waals surface area contributed by atoms with E-state index in [0.29, 0.717) is 0 Å². The first-order valence-electron chi connectivity index (χ1n) is 20.5. The van der Waals surface area contributed by atoms with Crippen LogP contribution in [0.2, 0.25) is 0 Å². The summed E-state index contributed by atoms with van der Waals surface area (Å²) in [4.78, 5) is 2.34. The van der Waals surface area contributed by atoms with E-state index in [4.69, 9.17) is 4.42 Å². The molecule has 11 rings (SSSR count). The maximum absolute atomic E-state index is 6.90. The maximum atomic E-state index is 6.90. The van der Waals surface area contributed by atoms with Crippen LogP contribution in [-0.2, 0) is 0 Å². The van der Waals surface area contributed by atoms with Crippen molar-refractivity contribution in [3.63, 3.8) is 0 Å². The maximum Gasteiger partial charge on any atom is 0.143 e. The Morgan fingerprint density at radius 2 is 0.650 bits per heavy atom. The van der Waals surface area contributed by atoms with E-state index >= 15 is 0 Å². The molecule has 1 heterocycles. The van der Waals surface area contributed by atoms with Gasteiger partial charge in [0.2, 0.25) is 0 Å². The van der Waals surface area contributed by atoms with E-state index in [-0.39, 0.29) is 0 Å². The monoisotopic (exact) mass is 765 g/mol. The van der Waals surface area contributed by atoms with E-state index in [1.165, 1.54) is 27.8 Å². The zero-order valence-corrected chi connectivity index (χ0v) is 32.9. The van der Waals surface area contributed by atoms with Gasteiger partial charge >= 0.3 is 0 Å². The van der Waals surface area contributed by atoms with Crippen molar-refractivity contribution in [1.29, 1.82) is 0 Å². The highest BCUT2D eigenvalue weighted by atomic mass is 16.3. The summed E-state index contributed by atoms with van der Waals surface area (Å²) in [5, 5.41) is 4.50. The molecule has 0 aliphatic carbocycles. The minimum atomic E-state index is 0.884. The highest BCUT2D eigenvalue weighted by Gasteiger charge is 2.20. The Kier molecular flexibility index (Phi) is 8.87. The van der Waals surface area contributed by atoms with Gasteiger partial charge in [0.1, 0.15) is 11.2 Å². The summed E-state index contributed by atoms with van der Waals surface area (Å²) in [6.45, 7) is 0. The van der Waals surface area contributed by atoms with Crippen molar-refractivity contribution in [1.82, 2.24) is 0 Å². The molecular weight excluding hydrogens is 727 g/mol. The van der Waals surface area contributed by atoms with E-state index in [1.54, 1.807) is 0 Å². The van der Waals surface area contributed by atoms with Gasteiger partial charge in [0.25, 0.3) is 0 Å². The van der Waals surface area contributed by atoms with Gasteiger partial charge in [-0.05, 0) is 116 Å². The lowest BCUT2D eigenvalue weighted by atomic mass is 9.91. The van der Waals surface area contributed by atoms with Crippen LogP contribution in [0.1, 0.15) is 0 Å². The molecule has 0 unspecified atom stereocenters. The van der Waals surface area contributed by atoms with Crippen molar-refractivity contribution >= 4 is 49.8 Å². The van der Waals surface area contributed by atoms with Gasteiger partial charge in [-0.1, -0.05) is 182 Å². The summed E-state index contributed by atoms with van der Waals surface area (Å²) in [5.74, 6) is 0. The normalized spacial score (nSPS) is 11.3. The van der Waals surface area contributed by atoms with Gasteiger partial charge in [-0.3, -0.25) is 0 Å². The molecule has 10 aromatic carbocycles. The second-order valence-corrected chi connectivity index (χ2v) is 15.3. The third-order valence-corrected chi connectivity index (χ3v) is 11.7. The number of hydrogen-bond donors (Lipinski definition) is 0. The number of anilines is 3. The molecule has 0 spiro atoms. The Morgan fingerprint density at radius 1 is 0.267 bits per heavy atom. The number of benzene rings is 10. The van der Waals surface area contributed by atoms with Gasteiger partial charge in [0.15, 0.2) is 0 Å². The molecule has 0 atom stereocenters. The first kappa shape index (κ1) is 35.2. The molecule has 1 aromatic heterocycles. The van der Waals surface area contributed by atoms with Crippen LogP contribution >= 0.6 is 0 Å². The van der Waals surface area contributed by atoms with E-state index in [0.717, 1.165) is 77.6 Å². The molecule has 0 saturated heterocycles. The zero-order chi connectivity index (χ0) is 39.8. The van der Waals surface area contributed by atoms with Crippen molar-refractivity contribution in [3.05, 3.63) is 237 Å². The standard InChI is InChI=1S/C58H39NO/c1-5-15-40(16-6-1)43-25-31-48(32-26-43)59(49-33-27-44(28-34-49)41-17-7-2-8-18-41)50-35-29-46(30-36-50)53-39-55-57-54(45-21-11-4-12-22-45)37-47(42-19-9-3-10-20-42)38-56(57)60-58(55)52-24-14-13-23-51(52)53/h1-39H. The highest BCUT2D eigenvalue weighted by molar-refractivity contribution is 6.22. The molecule has 11 aromatic rings. The Morgan fingerprint density at radius 3 is 1.15 bits per heavy atom. The second kappa shape index (κ2) is 15.1. The lowest BCUT2D eigenvalue weighted by Crippen LogP contribution is -2.09. The fourth-order valence-electron chi connectivity index (χ4n) is 8.71. The van der Waals surface area contributed by atoms with Crippen LogP contribution in [0, 0.1) is 0 Å². The van der Waals surface area contributed by atoms with Gasteiger partial charge in [-0.25, -0.2) is 0 Å². The van der Waals surface area contributed by atoms with E-state index in [1.807, 2.05) is 0 Å². The lowest BCUT2D eigenvalue weighted by molar-refractivity contribution is 0.673. The third kappa shape index (κ3) is 6.41. The van der Waals surface area contributed by atoms with Crippen molar-refractivity contribution < 1.29 is 4.42 Å². The van der Waals surface area contributed by atoms with Gasteiger partial charge < -0.3 is 9.32 Å². The third-order valence-electron chi connectivity index (χ3n) is 11.7. The quantitative estimate of drug-likeness (QED) is 0.153. The molecule has 282 valence electrons. The lowest BCUT2D eigenvalue weighted by Gasteiger charge is -2.26. The van der Waals surface area contributed by atoms with Crippen molar-refractivity contribution in [2.24, 2.45) is 0 Å². The fourth-order valence-corrected chi connectivity index (χ4v) is 8.71. The molecule has 0 amide bonds. The van der Waals surface area contributed by atoms with Gasteiger partial charge in [-0.2, -0.15) is 0 Å². The highest BCUT2D eigenvalue weighted by Crippen LogP contribution is 2.45. The molecule has 0 aliphatic heterocycles. The SMILES string of the molecule is c1ccc(-c2ccc(N(c3ccc(-c4ccccc4)cc3)c3ccc(-c4cc5c(oc6cc(-c7ccccc7)cc(-c7ccccc7)c65)c5ccccc45)cc3)cc2)cc1. The average Bonchev–Trinajstić information content (AvgIpc) is 3.72.